The van der Waals surface area contributed by atoms with E-state index in [1.54, 1.807) is 24.2 Å². The molecular weight excluding hydrogens is 182 g/mol. The molecule has 0 amide bonds. The zero-order valence-corrected chi connectivity index (χ0v) is 8.47. The van der Waals surface area contributed by atoms with Gasteiger partial charge in [-0.25, -0.2) is 9.97 Å². The first-order chi connectivity index (χ1) is 6.24. The van der Waals surface area contributed by atoms with Gasteiger partial charge in [-0.2, -0.15) is 0 Å². The summed E-state index contributed by atoms with van der Waals surface area (Å²) in [5.41, 5.74) is 6.81. The Morgan fingerprint density at radius 3 is 2.85 bits per heavy atom. The molecule has 0 aliphatic heterocycles. The van der Waals surface area contributed by atoms with Gasteiger partial charge in [0.05, 0.1) is 0 Å². The number of thioether (sulfide) groups is 1. The quantitative estimate of drug-likeness (QED) is 0.590. The van der Waals surface area contributed by atoms with Crippen LogP contribution >= 0.6 is 11.8 Å². The molecule has 13 heavy (non-hydrogen) atoms. The summed E-state index contributed by atoms with van der Waals surface area (Å²) in [6.45, 7) is 5.99. The van der Waals surface area contributed by atoms with Crippen molar-refractivity contribution in [2.45, 2.75) is 18.4 Å². The zero-order chi connectivity index (χ0) is 9.68. The van der Waals surface area contributed by atoms with Crippen LogP contribution in [-0.4, -0.2) is 15.7 Å². The van der Waals surface area contributed by atoms with Crippen LogP contribution in [0.4, 0.5) is 5.82 Å². The van der Waals surface area contributed by atoms with Gasteiger partial charge in [-0.1, -0.05) is 30.8 Å². The minimum atomic E-state index is 0.497. The highest BCUT2D eigenvalue weighted by Gasteiger charge is 2.01. The van der Waals surface area contributed by atoms with Crippen LogP contribution < -0.4 is 5.73 Å². The molecule has 0 fully saturated rings. The van der Waals surface area contributed by atoms with Gasteiger partial charge in [0.25, 0.3) is 0 Å². The van der Waals surface area contributed by atoms with E-state index in [1.165, 1.54) is 5.57 Å². The van der Waals surface area contributed by atoms with Crippen molar-refractivity contribution >= 4 is 17.6 Å². The molecule has 0 aliphatic carbocycles. The summed E-state index contributed by atoms with van der Waals surface area (Å²) in [7, 11) is 0. The van der Waals surface area contributed by atoms with Crippen LogP contribution in [0.3, 0.4) is 0 Å². The lowest BCUT2D eigenvalue weighted by Crippen LogP contribution is -1.95. The molecule has 3 nitrogen and oxygen atoms in total. The molecule has 1 rings (SSSR count). The fraction of sp³-hybridized carbons (Fsp3) is 0.333. The third kappa shape index (κ3) is 3.06. The third-order valence-electron chi connectivity index (χ3n) is 1.60. The molecule has 2 N–H and O–H groups in total. The zero-order valence-electron chi connectivity index (χ0n) is 7.66. The van der Waals surface area contributed by atoms with Crippen LogP contribution in [0.2, 0.25) is 0 Å². The van der Waals surface area contributed by atoms with Crippen molar-refractivity contribution < 1.29 is 0 Å². The average Bonchev–Trinajstić information content (AvgIpc) is 2.16. The van der Waals surface area contributed by atoms with E-state index in [0.717, 1.165) is 17.2 Å². The average molecular weight is 195 g/mol. The van der Waals surface area contributed by atoms with Crippen molar-refractivity contribution in [1.29, 1.82) is 0 Å². The molecule has 1 heterocycles. The highest BCUT2D eigenvalue weighted by molar-refractivity contribution is 7.99. The number of hydrogen-bond acceptors (Lipinski definition) is 4. The summed E-state index contributed by atoms with van der Waals surface area (Å²) >= 11 is 1.58. The molecule has 1 aromatic rings. The first kappa shape index (κ1) is 10.1. The summed E-state index contributed by atoms with van der Waals surface area (Å²) in [5, 5.41) is 0.789. The maximum absolute atomic E-state index is 5.62. The van der Waals surface area contributed by atoms with E-state index < -0.39 is 0 Å². The Kier molecular flexibility index (Phi) is 3.76. The molecular formula is C9H13N3S. The summed E-state index contributed by atoms with van der Waals surface area (Å²) in [6.07, 6.45) is 4.23. The van der Waals surface area contributed by atoms with Crippen LogP contribution in [0.15, 0.2) is 29.6 Å². The van der Waals surface area contributed by atoms with E-state index in [-0.39, 0.29) is 0 Å². The predicted molar refractivity (Wildman–Crippen MR) is 56.6 cm³/mol. The van der Waals surface area contributed by atoms with Crippen molar-refractivity contribution in [2.75, 3.05) is 11.5 Å². The summed E-state index contributed by atoms with van der Waals surface area (Å²) in [6, 6.07) is 0. The van der Waals surface area contributed by atoms with Gasteiger partial charge < -0.3 is 5.73 Å². The first-order valence-corrected chi connectivity index (χ1v) is 5.08. The van der Waals surface area contributed by atoms with Crippen molar-refractivity contribution in [1.82, 2.24) is 9.97 Å². The first-order valence-electron chi connectivity index (χ1n) is 4.10. The molecule has 0 atom stereocenters. The van der Waals surface area contributed by atoms with Gasteiger partial charge in [0.2, 0.25) is 0 Å². The smallest absolute Gasteiger partial charge is 0.156 e. The lowest BCUT2D eigenvalue weighted by molar-refractivity contribution is 1.06. The summed E-state index contributed by atoms with van der Waals surface area (Å²) in [4.78, 5) is 8.07. The van der Waals surface area contributed by atoms with Crippen LogP contribution in [0, 0.1) is 0 Å². The minimum Gasteiger partial charge on any atom is -0.381 e. The number of nitrogens with two attached hydrogens (primary N) is 1. The number of anilines is 1. The van der Waals surface area contributed by atoms with E-state index in [1.807, 2.05) is 0 Å². The molecule has 70 valence electrons. The fourth-order valence-electron chi connectivity index (χ4n) is 0.720. The summed E-state index contributed by atoms with van der Waals surface area (Å²) in [5.74, 6) is 1.36. The van der Waals surface area contributed by atoms with Gasteiger partial charge >= 0.3 is 0 Å². The van der Waals surface area contributed by atoms with E-state index in [4.69, 9.17) is 5.73 Å². The number of aromatic nitrogens is 2. The highest BCUT2D eigenvalue weighted by Crippen LogP contribution is 2.22. The van der Waals surface area contributed by atoms with Crippen LogP contribution in [0.5, 0.6) is 0 Å². The highest BCUT2D eigenvalue weighted by atomic mass is 32.2. The molecule has 0 aromatic carbocycles. The molecule has 1 aromatic heterocycles. The normalized spacial score (nSPS) is 9.92. The number of rotatable bonds is 4. The van der Waals surface area contributed by atoms with Crippen LogP contribution in [0.25, 0.3) is 0 Å². The van der Waals surface area contributed by atoms with Gasteiger partial charge in [0.1, 0.15) is 5.03 Å². The van der Waals surface area contributed by atoms with E-state index >= 15 is 0 Å². The minimum absolute atomic E-state index is 0.497. The van der Waals surface area contributed by atoms with Gasteiger partial charge in [-0.3, -0.25) is 0 Å². The Morgan fingerprint density at radius 1 is 1.54 bits per heavy atom. The Balaban J connectivity index is 2.54. The summed E-state index contributed by atoms with van der Waals surface area (Å²) < 4.78 is 0. The standard InChI is InChI=1S/C9H13N3S/c1-3-7(2)6-13-9-8(10)11-4-5-12-9/h4-5H,2-3,6H2,1H3,(H2,10,11). The van der Waals surface area contributed by atoms with E-state index in [0.29, 0.717) is 5.82 Å². The molecule has 0 saturated carbocycles. The maximum Gasteiger partial charge on any atom is 0.156 e. The molecule has 0 spiro atoms. The van der Waals surface area contributed by atoms with Crippen LogP contribution in [0.1, 0.15) is 13.3 Å². The van der Waals surface area contributed by atoms with Gasteiger partial charge in [-0.15, -0.1) is 0 Å². The van der Waals surface area contributed by atoms with Crippen LogP contribution in [-0.2, 0) is 0 Å². The molecule has 0 aliphatic rings. The molecule has 4 heteroatoms. The number of hydrogen-bond donors (Lipinski definition) is 1. The second-order valence-corrected chi connectivity index (χ2v) is 3.60. The molecule has 0 saturated heterocycles. The van der Waals surface area contributed by atoms with Gasteiger partial charge in [-0.05, 0) is 6.42 Å². The van der Waals surface area contributed by atoms with Crippen molar-refractivity contribution in [3.8, 4) is 0 Å². The third-order valence-corrected chi connectivity index (χ3v) is 2.74. The SMILES string of the molecule is C=C(CC)CSc1nccnc1N. The van der Waals surface area contributed by atoms with Crippen molar-refractivity contribution in [2.24, 2.45) is 0 Å². The Morgan fingerprint density at radius 2 is 2.23 bits per heavy atom. The molecule has 0 unspecified atom stereocenters. The van der Waals surface area contributed by atoms with Gasteiger partial charge in [0.15, 0.2) is 5.82 Å². The van der Waals surface area contributed by atoms with Crippen molar-refractivity contribution in [3.05, 3.63) is 24.5 Å². The van der Waals surface area contributed by atoms with E-state index in [9.17, 15) is 0 Å². The van der Waals surface area contributed by atoms with Gasteiger partial charge in [0, 0.05) is 18.1 Å². The fourth-order valence-corrected chi connectivity index (χ4v) is 1.60. The topological polar surface area (TPSA) is 51.8 Å². The number of nitrogen functional groups attached to an aromatic ring is 1. The second kappa shape index (κ2) is 4.87. The Bertz CT molecular complexity index is 299. The Labute approximate surface area is 82.5 Å². The lowest BCUT2D eigenvalue weighted by atomic mass is 10.3. The number of nitrogens with zero attached hydrogens (tertiary/aromatic N) is 2. The predicted octanol–water partition coefficient (Wildman–Crippen LogP) is 2.12. The Hall–Kier alpha value is -1.03. The molecule has 0 bridgehead atoms. The monoisotopic (exact) mass is 195 g/mol. The molecule has 0 radical (unpaired) electrons. The second-order valence-electron chi connectivity index (χ2n) is 2.64. The van der Waals surface area contributed by atoms with Crippen molar-refractivity contribution in [3.63, 3.8) is 0 Å². The largest absolute Gasteiger partial charge is 0.381 e. The lowest BCUT2D eigenvalue weighted by Gasteiger charge is -2.03. The van der Waals surface area contributed by atoms with E-state index in [2.05, 4.69) is 23.5 Å². The maximum atomic E-state index is 5.62.